The van der Waals surface area contributed by atoms with Gasteiger partial charge in [0.15, 0.2) is 0 Å². The van der Waals surface area contributed by atoms with Crippen molar-refractivity contribution in [1.29, 1.82) is 0 Å². The zero-order valence-electron chi connectivity index (χ0n) is 12.9. The highest BCUT2D eigenvalue weighted by atomic mass is 16.5. The van der Waals surface area contributed by atoms with Gasteiger partial charge in [-0.3, -0.25) is 4.90 Å². The summed E-state index contributed by atoms with van der Waals surface area (Å²) >= 11 is 0. The number of likely N-dealkylation sites (N-methyl/N-ethyl adjacent to an activating group) is 1. The number of nitrogens with zero attached hydrogens (tertiary/aromatic N) is 1. The Labute approximate surface area is 121 Å². The summed E-state index contributed by atoms with van der Waals surface area (Å²) in [5.41, 5.74) is 7.46. The Morgan fingerprint density at radius 3 is 2.45 bits per heavy atom. The lowest BCUT2D eigenvalue weighted by Crippen LogP contribution is -2.45. The summed E-state index contributed by atoms with van der Waals surface area (Å²) in [4.78, 5) is 2.37. The number of hydrogen-bond acceptors (Lipinski definition) is 4. The van der Waals surface area contributed by atoms with Crippen molar-refractivity contribution in [2.24, 2.45) is 5.73 Å². The van der Waals surface area contributed by atoms with Crippen LogP contribution in [0.3, 0.4) is 0 Å². The van der Waals surface area contributed by atoms with E-state index in [9.17, 15) is 0 Å². The van der Waals surface area contributed by atoms with E-state index in [1.165, 1.54) is 5.56 Å². The van der Waals surface area contributed by atoms with Gasteiger partial charge >= 0.3 is 0 Å². The van der Waals surface area contributed by atoms with E-state index >= 15 is 0 Å². The molecule has 0 spiro atoms. The van der Waals surface area contributed by atoms with Crippen LogP contribution < -0.4 is 10.5 Å². The predicted molar refractivity (Wildman–Crippen MR) is 81.0 cm³/mol. The molecule has 1 fully saturated rings. The van der Waals surface area contributed by atoms with Crippen LogP contribution >= 0.6 is 0 Å². The first kappa shape index (κ1) is 15.3. The third-order valence-electron chi connectivity index (χ3n) is 4.25. The maximum Gasteiger partial charge on any atom is 0.118 e. The second kappa shape index (κ2) is 6.57. The molecule has 4 unspecified atom stereocenters. The molecule has 1 aliphatic heterocycles. The molecule has 4 heteroatoms. The van der Waals surface area contributed by atoms with Gasteiger partial charge in [-0.2, -0.15) is 0 Å². The van der Waals surface area contributed by atoms with Gasteiger partial charge < -0.3 is 15.2 Å². The first-order valence-electron chi connectivity index (χ1n) is 7.27. The Kier molecular flexibility index (Phi) is 5.02. The van der Waals surface area contributed by atoms with Crippen molar-refractivity contribution in [1.82, 2.24) is 4.90 Å². The smallest absolute Gasteiger partial charge is 0.118 e. The predicted octanol–water partition coefficient (Wildman–Crippen LogP) is 2.19. The molecule has 0 radical (unpaired) electrons. The van der Waals surface area contributed by atoms with Crippen molar-refractivity contribution in [3.63, 3.8) is 0 Å². The molecule has 1 aromatic carbocycles. The normalized spacial score (nSPS) is 25.7. The summed E-state index contributed by atoms with van der Waals surface area (Å²) in [5, 5.41) is 0. The first-order chi connectivity index (χ1) is 9.54. The highest BCUT2D eigenvalue weighted by Gasteiger charge is 2.33. The van der Waals surface area contributed by atoms with Crippen LogP contribution in [0, 0.1) is 0 Å². The summed E-state index contributed by atoms with van der Waals surface area (Å²) in [6, 6.07) is 8.86. The molecule has 0 bridgehead atoms. The molecule has 4 atom stereocenters. The van der Waals surface area contributed by atoms with Crippen LogP contribution in [0.15, 0.2) is 24.3 Å². The van der Waals surface area contributed by atoms with Crippen LogP contribution in [0.5, 0.6) is 5.75 Å². The summed E-state index contributed by atoms with van der Waals surface area (Å²) in [7, 11) is 3.83. The molecule has 1 aromatic rings. The first-order valence-corrected chi connectivity index (χ1v) is 7.27. The fraction of sp³-hybridized carbons (Fsp3) is 0.625. The molecule has 0 aliphatic carbocycles. The van der Waals surface area contributed by atoms with E-state index in [4.69, 9.17) is 15.2 Å². The fourth-order valence-electron chi connectivity index (χ4n) is 3.17. The maximum absolute atomic E-state index is 6.24. The lowest BCUT2D eigenvalue weighted by molar-refractivity contribution is 0.0626. The number of benzene rings is 1. The van der Waals surface area contributed by atoms with Crippen LogP contribution in [0.4, 0.5) is 0 Å². The van der Waals surface area contributed by atoms with Crippen LogP contribution in [-0.4, -0.2) is 43.9 Å². The average Bonchev–Trinajstić information content (AvgIpc) is 2.85. The van der Waals surface area contributed by atoms with Crippen molar-refractivity contribution in [3.8, 4) is 5.75 Å². The van der Waals surface area contributed by atoms with Crippen LogP contribution in [0.25, 0.3) is 0 Å². The van der Waals surface area contributed by atoms with Crippen LogP contribution in [0.2, 0.25) is 0 Å². The fourth-order valence-corrected chi connectivity index (χ4v) is 3.17. The molecule has 4 nitrogen and oxygen atoms in total. The minimum atomic E-state index is 0.0567. The highest BCUT2D eigenvalue weighted by Crippen LogP contribution is 2.30. The summed E-state index contributed by atoms with van der Waals surface area (Å²) in [5.74, 6) is 0.873. The number of ether oxygens (including phenoxy) is 2. The van der Waals surface area contributed by atoms with Crippen LogP contribution in [0.1, 0.15) is 31.9 Å². The Morgan fingerprint density at radius 2 is 2.00 bits per heavy atom. The van der Waals surface area contributed by atoms with E-state index in [2.05, 4.69) is 37.9 Å². The molecule has 0 saturated carbocycles. The van der Waals surface area contributed by atoms with Gasteiger partial charge in [-0.15, -0.1) is 0 Å². The summed E-state index contributed by atoms with van der Waals surface area (Å²) in [6.45, 7) is 5.04. The van der Waals surface area contributed by atoms with Crippen molar-refractivity contribution in [2.75, 3.05) is 20.8 Å². The zero-order chi connectivity index (χ0) is 14.7. The van der Waals surface area contributed by atoms with Gasteiger partial charge in [-0.25, -0.2) is 0 Å². The Bertz CT molecular complexity index is 419. The van der Waals surface area contributed by atoms with E-state index in [0.29, 0.717) is 6.04 Å². The van der Waals surface area contributed by atoms with Gasteiger partial charge in [0, 0.05) is 24.7 Å². The average molecular weight is 278 g/mol. The molecule has 112 valence electrons. The molecule has 1 heterocycles. The van der Waals surface area contributed by atoms with Crippen molar-refractivity contribution in [3.05, 3.63) is 29.8 Å². The molecule has 0 aromatic heterocycles. The molecule has 1 saturated heterocycles. The van der Waals surface area contributed by atoms with Gasteiger partial charge in [0.1, 0.15) is 5.75 Å². The van der Waals surface area contributed by atoms with Gasteiger partial charge in [0.25, 0.3) is 0 Å². The topological polar surface area (TPSA) is 47.7 Å². The van der Waals surface area contributed by atoms with Crippen molar-refractivity contribution in [2.45, 2.75) is 44.5 Å². The molecular weight excluding hydrogens is 252 g/mol. The second-order valence-electron chi connectivity index (χ2n) is 5.67. The van der Waals surface area contributed by atoms with Gasteiger partial charge in [0.05, 0.1) is 13.2 Å². The molecule has 2 rings (SSSR count). The van der Waals surface area contributed by atoms with E-state index in [-0.39, 0.29) is 18.2 Å². The number of rotatable bonds is 5. The van der Waals surface area contributed by atoms with Crippen molar-refractivity contribution < 1.29 is 9.47 Å². The third kappa shape index (κ3) is 3.14. The lowest BCUT2D eigenvalue weighted by Gasteiger charge is -2.37. The second-order valence-corrected chi connectivity index (χ2v) is 5.67. The Hall–Kier alpha value is -1.10. The van der Waals surface area contributed by atoms with Gasteiger partial charge in [-0.05, 0) is 45.0 Å². The number of nitrogens with two attached hydrogens (primary N) is 1. The third-order valence-corrected chi connectivity index (χ3v) is 4.25. The van der Waals surface area contributed by atoms with Crippen molar-refractivity contribution >= 4 is 0 Å². The van der Waals surface area contributed by atoms with E-state index in [1.54, 1.807) is 7.11 Å². The molecule has 1 aliphatic rings. The van der Waals surface area contributed by atoms with E-state index in [0.717, 1.165) is 18.8 Å². The largest absolute Gasteiger partial charge is 0.497 e. The molecule has 20 heavy (non-hydrogen) atoms. The van der Waals surface area contributed by atoms with E-state index < -0.39 is 0 Å². The highest BCUT2D eigenvalue weighted by molar-refractivity contribution is 5.30. The monoisotopic (exact) mass is 278 g/mol. The lowest BCUT2D eigenvalue weighted by atomic mass is 9.96. The number of hydrogen-bond donors (Lipinski definition) is 1. The Balaban J connectivity index is 2.21. The van der Waals surface area contributed by atoms with Gasteiger partial charge in [0.2, 0.25) is 0 Å². The Morgan fingerprint density at radius 1 is 1.35 bits per heavy atom. The van der Waals surface area contributed by atoms with Crippen LogP contribution in [-0.2, 0) is 4.74 Å². The summed E-state index contributed by atoms with van der Waals surface area (Å²) in [6.07, 6.45) is 1.33. The summed E-state index contributed by atoms with van der Waals surface area (Å²) < 4.78 is 10.9. The number of methoxy groups -OCH3 is 1. The SMILES string of the molecule is COc1ccc(C(C(C)N)N(C)C2CCOC2C)cc1. The minimum Gasteiger partial charge on any atom is -0.497 e. The molecule has 0 amide bonds. The standard InChI is InChI=1S/C16H26N2O2/c1-11(17)16(13-5-7-14(19-4)8-6-13)18(3)15-9-10-20-12(15)2/h5-8,11-12,15-16H,9-10,17H2,1-4H3. The molecular formula is C16H26N2O2. The quantitative estimate of drug-likeness (QED) is 0.897. The van der Waals surface area contributed by atoms with Gasteiger partial charge in [-0.1, -0.05) is 12.1 Å². The maximum atomic E-state index is 6.24. The zero-order valence-corrected chi connectivity index (χ0v) is 12.9. The minimum absolute atomic E-state index is 0.0567. The van der Waals surface area contributed by atoms with E-state index in [1.807, 2.05) is 12.1 Å². The molecule has 2 N–H and O–H groups in total.